The van der Waals surface area contributed by atoms with E-state index in [9.17, 15) is 32.4 Å². The molecular formula is C55H70ClN9O12S4. The molecule has 2 aliphatic rings. The molecular weight excluding hydrogens is 1140 g/mol. The molecule has 21 nitrogen and oxygen atoms in total. The standard InChI is InChI=1S/C55H70ClN9O12S4/c1-31-34(4)79-53-46(31)47(38-15-17-40(56)18-16-38)60-42(50-63-62-36(6)65(50)53)26-44(66)57-19-20-73-21-22-74-23-24-75-29-45(67)61-49(55(7,8)9)52(69)64-28-41(77-54(70)76-33(3)35(5)80-81(10,71)72)25-43(64)51(68)58-27-37-11-13-39(14-12-37)48-32(2)59-30-78-48/h11-18,30,33,35,41-43,49H,19-29H2,1-10H3,(H,57,66)(H,58,68)(H,61,67)/t33?,35?,41-,42+,43+,49-/m1/s1. The summed E-state index contributed by atoms with van der Waals surface area (Å²) in [4.78, 5) is 81.2. The molecule has 0 radical (unpaired) electrons. The number of halogens is 1. The maximum Gasteiger partial charge on any atom is 0.508 e. The van der Waals surface area contributed by atoms with Crippen molar-refractivity contribution in [3.8, 4) is 15.4 Å². The Balaban J connectivity index is 0.854. The summed E-state index contributed by atoms with van der Waals surface area (Å²) in [5, 5.41) is 18.4. The Morgan fingerprint density at radius 2 is 1.54 bits per heavy atom. The molecule has 5 aromatic rings. The van der Waals surface area contributed by atoms with Gasteiger partial charge in [-0.15, -0.1) is 32.9 Å². The molecule has 7 rings (SSSR count). The van der Waals surface area contributed by atoms with Gasteiger partial charge in [-0.1, -0.05) is 68.8 Å². The summed E-state index contributed by atoms with van der Waals surface area (Å²) in [6.45, 7) is 17.1. The summed E-state index contributed by atoms with van der Waals surface area (Å²) in [5.74, 6) is -0.598. The first kappa shape index (κ1) is 62.8. The average Bonchev–Trinajstić information content (AvgIpc) is 4.23. The van der Waals surface area contributed by atoms with Crippen molar-refractivity contribution in [1.82, 2.24) is 40.6 Å². The maximum atomic E-state index is 14.5. The molecule has 1 fully saturated rings. The Morgan fingerprint density at radius 1 is 0.877 bits per heavy atom. The second kappa shape index (κ2) is 28.0. The third kappa shape index (κ3) is 16.9. The smallest absolute Gasteiger partial charge is 0.430 e. The van der Waals surface area contributed by atoms with Gasteiger partial charge in [0.2, 0.25) is 23.6 Å². The van der Waals surface area contributed by atoms with Gasteiger partial charge in [0.15, 0.2) is 14.7 Å². The Bertz CT molecular complexity index is 3180. The lowest BCUT2D eigenvalue weighted by molar-refractivity contribution is -0.144. The molecule has 26 heteroatoms. The molecule has 438 valence electrons. The number of nitrogens with one attached hydrogen (secondary N) is 3. The number of aromatic nitrogens is 4. The van der Waals surface area contributed by atoms with E-state index in [1.165, 1.54) is 23.2 Å². The number of amides is 4. The number of fused-ring (bicyclic) bond motifs is 3. The highest BCUT2D eigenvalue weighted by Crippen LogP contribution is 2.40. The first-order valence-corrected chi connectivity index (χ1v) is 31.7. The highest BCUT2D eigenvalue weighted by Gasteiger charge is 2.46. The van der Waals surface area contributed by atoms with Gasteiger partial charge < -0.3 is 44.5 Å². The summed E-state index contributed by atoms with van der Waals surface area (Å²) in [7, 11) is -2.79. The first-order valence-electron chi connectivity index (χ1n) is 26.4. The van der Waals surface area contributed by atoms with Crippen molar-refractivity contribution in [3.05, 3.63) is 104 Å². The topological polar surface area (TPSA) is 261 Å². The molecule has 3 N–H and O–H groups in total. The van der Waals surface area contributed by atoms with Gasteiger partial charge in [-0.25, -0.2) is 18.2 Å². The summed E-state index contributed by atoms with van der Waals surface area (Å²) in [6.07, 6.45) is -1.87. The van der Waals surface area contributed by atoms with E-state index in [4.69, 9.17) is 40.3 Å². The zero-order valence-electron chi connectivity index (χ0n) is 47.0. The lowest BCUT2D eigenvalue weighted by Crippen LogP contribution is -2.58. The minimum Gasteiger partial charge on any atom is -0.430 e. The van der Waals surface area contributed by atoms with Crippen LogP contribution < -0.4 is 16.0 Å². The van der Waals surface area contributed by atoms with E-state index >= 15 is 0 Å². The van der Waals surface area contributed by atoms with Crippen molar-refractivity contribution in [2.24, 2.45) is 10.4 Å². The molecule has 2 aromatic carbocycles. The third-order valence-electron chi connectivity index (χ3n) is 13.5. The minimum atomic E-state index is -3.43. The second-order valence-electron chi connectivity index (χ2n) is 20.8. The van der Waals surface area contributed by atoms with Crippen LogP contribution in [0.3, 0.4) is 0 Å². The van der Waals surface area contributed by atoms with Gasteiger partial charge in [-0.3, -0.25) is 28.7 Å². The van der Waals surface area contributed by atoms with Crippen LogP contribution in [0.25, 0.3) is 15.4 Å². The van der Waals surface area contributed by atoms with Crippen molar-refractivity contribution >= 4 is 89.4 Å². The van der Waals surface area contributed by atoms with Crippen molar-refractivity contribution in [3.63, 3.8) is 0 Å². The van der Waals surface area contributed by atoms with Crippen molar-refractivity contribution < 1.29 is 56.1 Å². The van der Waals surface area contributed by atoms with Crippen LogP contribution >= 0.6 is 45.1 Å². The third-order valence-corrected chi connectivity index (χ3v) is 18.9. The molecule has 2 aliphatic heterocycles. The van der Waals surface area contributed by atoms with Gasteiger partial charge in [0, 0.05) is 46.8 Å². The number of ether oxygens (including phenoxy) is 5. The van der Waals surface area contributed by atoms with Crippen LogP contribution in [0.15, 0.2) is 59.0 Å². The number of aliphatic imine (C=N–C) groups is 1. The fourth-order valence-corrected chi connectivity index (χ4v) is 14.1. The van der Waals surface area contributed by atoms with Crippen LogP contribution in [-0.2, 0) is 58.3 Å². The number of rotatable bonds is 25. The van der Waals surface area contributed by atoms with E-state index in [1.807, 2.05) is 66.9 Å². The summed E-state index contributed by atoms with van der Waals surface area (Å²) in [5.41, 5.74) is 7.36. The number of aryl methyl sites for hydroxylation is 3. The molecule has 0 bridgehead atoms. The highest BCUT2D eigenvalue weighted by atomic mass is 35.5. The fourth-order valence-electron chi connectivity index (χ4n) is 9.07. The summed E-state index contributed by atoms with van der Waals surface area (Å²) in [6, 6.07) is 12.3. The van der Waals surface area contributed by atoms with E-state index in [0.717, 1.165) is 60.2 Å². The van der Waals surface area contributed by atoms with Gasteiger partial charge in [-0.2, -0.15) is 0 Å². The second-order valence-corrected chi connectivity index (χ2v) is 28.1. The zero-order valence-corrected chi connectivity index (χ0v) is 51.1. The zero-order chi connectivity index (χ0) is 58.8. The Kier molecular flexibility index (Phi) is 21.7. The van der Waals surface area contributed by atoms with Crippen LogP contribution in [-0.4, -0.2) is 157 Å². The van der Waals surface area contributed by atoms with Crippen LogP contribution in [0.1, 0.15) is 98.0 Å². The van der Waals surface area contributed by atoms with Crippen LogP contribution in [0, 0.1) is 33.1 Å². The van der Waals surface area contributed by atoms with Crippen molar-refractivity contribution in [1.29, 1.82) is 0 Å². The van der Waals surface area contributed by atoms with Crippen LogP contribution in [0.4, 0.5) is 4.79 Å². The number of benzene rings is 2. The molecule has 5 heterocycles. The number of thiazole rings is 1. The lowest BCUT2D eigenvalue weighted by Gasteiger charge is -2.35. The van der Waals surface area contributed by atoms with Gasteiger partial charge >= 0.3 is 6.16 Å². The van der Waals surface area contributed by atoms with Gasteiger partial charge in [-0.05, 0) is 86.6 Å². The van der Waals surface area contributed by atoms with Crippen molar-refractivity contribution in [2.75, 3.05) is 59.0 Å². The predicted octanol–water partition coefficient (Wildman–Crippen LogP) is 7.23. The molecule has 3 aromatic heterocycles. The van der Waals surface area contributed by atoms with E-state index in [0.29, 0.717) is 27.5 Å². The average molecular weight is 1210 g/mol. The van der Waals surface area contributed by atoms with Crippen molar-refractivity contribution in [2.45, 2.75) is 117 Å². The SMILES string of the molecule is Cc1ncsc1-c1ccc(CNC(=O)[C@@H]2C[C@@H](OC(=O)OC(C)C(C)SS(C)(=O)=O)CN2C(=O)[C@@H](NC(=O)COCCOCCOCCNC(=O)C[C@@H]2N=C(c3ccc(Cl)cc3)c3c(sc(C)c3C)-n3c(C)nnc32)C(C)(C)C)cc1. The minimum absolute atomic E-state index is 0.0358. The fraction of sp³-hybridized carbons (Fsp3) is 0.509. The molecule has 81 heavy (non-hydrogen) atoms. The number of nitrogens with zero attached hydrogens (tertiary/aromatic N) is 6. The maximum absolute atomic E-state index is 14.5. The van der Waals surface area contributed by atoms with E-state index < -0.39 is 80.4 Å². The van der Waals surface area contributed by atoms with Gasteiger partial charge in [0.25, 0.3) is 0 Å². The molecule has 6 atom stereocenters. The molecule has 0 aliphatic carbocycles. The molecule has 1 saturated heterocycles. The van der Waals surface area contributed by atoms with Crippen LogP contribution in [0.5, 0.6) is 0 Å². The molecule has 4 amide bonds. The Labute approximate surface area is 489 Å². The molecule has 2 unspecified atom stereocenters. The monoisotopic (exact) mass is 1210 g/mol. The number of thiophene rings is 1. The quantitative estimate of drug-likeness (QED) is 0.0296. The Morgan fingerprint density at radius 3 is 2.20 bits per heavy atom. The summed E-state index contributed by atoms with van der Waals surface area (Å²) < 4.78 is 53.7. The first-order chi connectivity index (χ1) is 38.4. The van der Waals surface area contributed by atoms with Gasteiger partial charge in [0.05, 0.1) is 73.0 Å². The number of carbonyl (C=O) groups is 5. The number of carbonyl (C=O) groups excluding carboxylic acids is 5. The van der Waals surface area contributed by atoms with Gasteiger partial charge in [0.1, 0.15) is 47.8 Å². The highest BCUT2D eigenvalue weighted by molar-refractivity contribution is 8.72. The normalized spacial score (nSPS) is 17.2. The lowest BCUT2D eigenvalue weighted by atomic mass is 9.85. The van der Waals surface area contributed by atoms with E-state index in [2.05, 4.69) is 45.0 Å². The Hall–Kier alpha value is -5.80. The van der Waals surface area contributed by atoms with E-state index in [1.54, 1.807) is 44.5 Å². The summed E-state index contributed by atoms with van der Waals surface area (Å²) >= 11 is 9.41. The number of hydrogen-bond donors (Lipinski definition) is 3. The number of hydrogen-bond acceptors (Lipinski definition) is 19. The molecule has 0 saturated carbocycles. The van der Waals surface area contributed by atoms with Crippen LogP contribution in [0.2, 0.25) is 5.02 Å². The largest absolute Gasteiger partial charge is 0.508 e. The predicted molar refractivity (Wildman–Crippen MR) is 312 cm³/mol. The molecule has 0 spiro atoms. The van der Waals surface area contributed by atoms with E-state index in [-0.39, 0.29) is 71.4 Å². The number of likely N-dealkylation sites (tertiary alicyclic amines) is 1.